The van der Waals surface area contributed by atoms with Gasteiger partial charge >= 0.3 is 12.1 Å². The molecule has 2 rings (SSSR count). The molecule has 2 aromatic carbocycles. The first-order valence-electron chi connectivity index (χ1n) is 6.92. The largest absolute Gasteiger partial charge is 0.469 e. The lowest BCUT2D eigenvalue weighted by Crippen LogP contribution is -2.16. The van der Waals surface area contributed by atoms with Crippen molar-refractivity contribution in [3.05, 3.63) is 64.1 Å². The Hall–Kier alpha value is -2.34. The Morgan fingerprint density at radius 2 is 1.83 bits per heavy atom. The van der Waals surface area contributed by atoms with Gasteiger partial charge in [0.2, 0.25) is 0 Å². The minimum absolute atomic E-state index is 0.0598. The molecule has 120 valence electrons. The summed E-state index contributed by atoms with van der Waals surface area (Å²) < 4.78 is 10.5. The van der Waals surface area contributed by atoms with Gasteiger partial charge in [-0.1, -0.05) is 42.5 Å². The monoisotopic (exact) mass is 377 g/mol. The van der Waals surface area contributed by atoms with Crippen molar-refractivity contribution in [2.45, 2.75) is 13.0 Å². The molecule has 5 nitrogen and oxygen atoms in total. The van der Waals surface area contributed by atoms with E-state index in [1.165, 1.54) is 7.11 Å². The van der Waals surface area contributed by atoms with Gasteiger partial charge in [-0.05, 0) is 33.1 Å². The second kappa shape index (κ2) is 8.33. The van der Waals surface area contributed by atoms with Crippen molar-refractivity contribution in [2.24, 2.45) is 0 Å². The number of esters is 1. The van der Waals surface area contributed by atoms with E-state index in [0.717, 1.165) is 5.56 Å². The summed E-state index contributed by atoms with van der Waals surface area (Å²) in [4.78, 5) is 23.4. The van der Waals surface area contributed by atoms with E-state index in [0.29, 0.717) is 15.7 Å². The van der Waals surface area contributed by atoms with Gasteiger partial charge in [0.25, 0.3) is 0 Å². The molecule has 0 spiro atoms. The Bertz CT molecular complexity index is 688. The normalized spacial score (nSPS) is 10.0. The van der Waals surface area contributed by atoms with Gasteiger partial charge in [0, 0.05) is 4.47 Å². The fourth-order valence-corrected chi connectivity index (χ4v) is 2.45. The standard InChI is InChI=1S/C17H16BrNO4/c1-22-15(20)10-13-8-5-9-14(18)16(13)19-17(21)23-11-12-6-3-2-4-7-12/h2-9H,10-11H2,1H3,(H,19,21). The third kappa shape index (κ3) is 5.10. The molecule has 0 saturated heterocycles. The zero-order valence-corrected chi connectivity index (χ0v) is 14.1. The number of carbonyl (C=O) groups is 2. The summed E-state index contributed by atoms with van der Waals surface area (Å²) in [5, 5.41) is 2.66. The number of methoxy groups -OCH3 is 1. The van der Waals surface area contributed by atoms with E-state index in [1.54, 1.807) is 18.2 Å². The molecule has 6 heteroatoms. The molecule has 2 aromatic rings. The highest BCUT2D eigenvalue weighted by molar-refractivity contribution is 9.10. The Kier molecular flexibility index (Phi) is 6.17. The van der Waals surface area contributed by atoms with Crippen LogP contribution in [0.5, 0.6) is 0 Å². The molecule has 0 aromatic heterocycles. The predicted molar refractivity (Wildman–Crippen MR) is 90.1 cm³/mol. The molecule has 0 aliphatic rings. The van der Waals surface area contributed by atoms with E-state index in [4.69, 9.17) is 4.74 Å². The maximum absolute atomic E-state index is 12.0. The van der Waals surface area contributed by atoms with Crippen LogP contribution in [-0.2, 0) is 27.3 Å². The number of carbonyl (C=O) groups excluding carboxylic acids is 2. The Balaban J connectivity index is 2.03. The van der Waals surface area contributed by atoms with Crippen LogP contribution in [0.3, 0.4) is 0 Å². The van der Waals surface area contributed by atoms with E-state index < -0.39 is 6.09 Å². The number of rotatable bonds is 5. The second-order valence-electron chi connectivity index (χ2n) is 4.71. The minimum Gasteiger partial charge on any atom is -0.469 e. The number of amides is 1. The first-order valence-corrected chi connectivity index (χ1v) is 7.71. The molecular weight excluding hydrogens is 362 g/mol. The van der Waals surface area contributed by atoms with E-state index in [9.17, 15) is 9.59 Å². The Labute approximate surface area is 142 Å². The van der Waals surface area contributed by atoms with E-state index >= 15 is 0 Å². The van der Waals surface area contributed by atoms with Gasteiger partial charge in [0.15, 0.2) is 0 Å². The first-order chi connectivity index (χ1) is 11.1. The number of ether oxygens (including phenoxy) is 2. The van der Waals surface area contributed by atoms with Gasteiger partial charge in [-0.3, -0.25) is 10.1 Å². The predicted octanol–water partition coefficient (Wildman–Crippen LogP) is 3.91. The van der Waals surface area contributed by atoms with Gasteiger partial charge in [-0.2, -0.15) is 0 Å². The zero-order chi connectivity index (χ0) is 16.7. The molecule has 23 heavy (non-hydrogen) atoms. The van der Waals surface area contributed by atoms with Gasteiger partial charge in [0.05, 0.1) is 19.2 Å². The molecule has 0 aliphatic heterocycles. The molecule has 0 bridgehead atoms. The number of halogens is 1. The summed E-state index contributed by atoms with van der Waals surface area (Å²) in [5.41, 5.74) is 2.03. The van der Waals surface area contributed by atoms with Crippen molar-refractivity contribution in [1.29, 1.82) is 0 Å². The van der Waals surface area contributed by atoms with Crippen molar-refractivity contribution >= 4 is 33.7 Å². The lowest BCUT2D eigenvalue weighted by atomic mass is 10.1. The van der Waals surface area contributed by atoms with Crippen molar-refractivity contribution in [1.82, 2.24) is 0 Å². The van der Waals surface area contributed by atoms with Gasteiger partial charge in [0.1, 0.15) is 6.61 Å². The third-order valence-corrected chi connectivity index (χ3v) is 3.76. The maximum atomic E-state index is 12.0. The number of benzene rings is 2. The van der Waals surface area contributed by atoms with Crippen LogP contribution in [0.2, 0.25) is 0 Å². The van der Waals surface area contributed by atoms with E-state index in [-0.39, 0.29) is 19.0 Å². The van der Waals surface area contributed by atoms with Gasteiger partial charge < -0.3 is 9.47 Å². The van der Waals surface area contributed by atoms with Crippen molar-refractivity contribution in [3.63, 3.8) is 0 Å². The molecule has 1 amide bonds. The fraction of sp³-hybridized carbons (Fsp3) is 0.176. The summed E-state index contributed by atoms with van der Waals surface area (Å²) in [6.07, 6.45) is -0.531. The summed E-state index contributed by atoms with van der Waals surface area (Å²) >= 11 is 3.36. The molecule has 0 radical (unpaired) electrons. The fourth-order valence-electron chi connectivity index (χ4n) is 1.95. The lowest BCUT2D eigenvalue weighted by molar-refractivity contribution is -0.139. The van der Waals surface area contributed by atoms with Crippen LogP contribution in [0.25, 0.3) is 0 Å². The van der Waals surface area contributed by atoms with Crippen LogP contribution in [0.1, 0.15) is 11.1 Å². The highest BCUT2D eigenvalue weighted by Crippen LogP contribution is 2.27. The number of anilines is 1. The van der Waals surface area contributed by atoms with Crippen molar-refractivity contribution in [2.75, 3.05) is 12.4 Å². The van der Waals surface area contributed by atoms with Crippen LogP contribution in [0, 0.1) is 0 Å². The van der Waals surface area contributed by atoms with Crippen molar-refractivity contribution < 1.29 is 19.1 Å². The molecule has 0 unspecified atom stereocenters. The SMILES string of the molecule is COC(=O)Cc1cccc(Br)c1NC(=O)OCc1ccccc1. The summed E-state index contributed by atoms with van der Waals surface area (Å²) in [6.45, 7) is 0.170. The topological polar surface area (TPSA) is 64.6 Å². The average molecular weight is 378 g/mol. The first kappa shape index (κ1) is 17.0. The van der Waals surface area contributed by atoms with Gasteiger partial charge in [-0.25, -0.2) is 4.79 Å². The van der Waals surface area contributed by atoms with E-state index in [2.05, 4.69) is 26.0 Å². The molecule has 0 aliphatic carbocycles. The van der Waals surface area contributed by atoms with Crippen LogP contribution in [0.4, 0.5) is 10.5 Å². The summed E-state index contributed by atoms with van der Waals surface area (Å²) in [6, 6.07) is 14.7. The summed E-state index contributed by atoms with van der Waals surface area (Å²) in [5.74, 6) is -0.385. The number of hydrogen-bond acceptors (Lipinski definition) is 4. The van der Waals surface area contributed by atoms with Gasteiger partial charge in [-0.15, -0.1) is 0 Å². The summed E-state index contributed by atoms with van der Waals surface area (Å²) in [7, 11) is 1.32. The van der Waals surface area contributed by atoms with E-state index in [1.807, 2.05) is 30.3 Å². The average Bonchev–Trinajstić information content (AvgIpc) is 2.57. The lowest BCUT2D eigenvalue weighted by Gasteiger charge is -2.13. The minimum atomic E-state index is -0.591. The van der Waals surface area contributed by atoms with Crippen molar-refractivity contribution in [3.8, 4) is 0 Å². The zero-order valence-electron chi connectivity index (χ0n) is 12.5. The van der Waals surface area contributed by atoms with Crippen LogP contribution < -0.4 is 5.32 Å². The quantitative estimate of drug-likeness (QED) is 0.802. The third-order valence-electron chi connectivity index (χ3n) is 3.10. The van der Waals surface area contributed by atoms with Crippen LogP contribution in [0.15, 0.2) is 53.0 Å². The molecule has 0 heterocycles. The number of hydrogen-bond donors (Lipinski definition) is 1. The molecular formula is C17H16BrNO4. The smallest absolute Gasteiger partial charge is 0.411 e. The highest BCUT2D eigenvalue weighted by Gasteiger charge is 2.14. The number of para-hydroxylation sites is 1. The maximum Gasteiger partial charge on any atom is 0.411 e. The molecule has 0 saturated carbocycles. The highest BCUT2D eigenvalue weighted by atomic mass is 79.9. The molecule has 0 fully saturated rings. The van der Waals surface area contributed by atoms with Crippen LogP contribution in [-0.4, -0.2) is 19.2 Å². The van der Waals surface area contributed by atoms with Crippen LogP contribution >= 0.6 is 15.9 Å². The number of nitrogens with one attached hydrogen (secondary N) is 1. The second-order valence-corrected chi connectivity index (χ2v) is 5.57. The Morgan fingerprint density at radius 3 is 2.52 bits per heavy atom. The Morgan fingerprint density at radius 1 is 1.09 bits per heavy atom. The molecule has 0 atom stereocenters. The molecule has 1 N–H and O–H groups in total.